The van der Waals surface area contributed by atoms with Gasteiger partial charge in [-0.25, -0.2) is 18.1 Å². The van der Waals surface area contributed by atoms with Crippen LogP contribution in [0, 0.1) is 11.6 Å². The van der Waals surface area contributed by atoms with E-state index < -0.39 is 66.7 Å². The van der Waals surface area contributed by atoms with E-state index in [1.54, 1.807) is 53.1 Å². The molecule has 1 unspecified atom stereocenters. The molecule has 3 fully saturated rings. The predicted molar refractivity (Wildman–Crippen MR) is 185 cm³/mol. The van der Waals surface area contributed by atoms with Crippen molar-refractivity contribution in [1.29, 1.82) is 0 Å². The van der Waals surface area contributed by atoms with Crippen LogP contribution in [0.15, 0.2) is 91.3 Å². The standard InChI is InChI=1S/C38H39F2N7O6/c1-45(29-15-8-16-30(33(29)48)46-19-27(41-43-46)23-11-6-13-25(39)17-23)37(49)36-35(50-2)32(47-20-28(42-44-47)24-12-7-14-26(40)18-24)34-31(52-36)21-51-38(53-34)22-9-4-3-5-10-22/h3-7,9-14,17-20,29-36,38,48H,8,15-16,21H2,1-2H3/t29-,30+,31+,32-,33+,34-,35+,36+,38?/m0/s1. The zero-order chi connectivity index (χ0) is 36.6. The minimum Gasteiger partial charge on any atom is -0.389 e. The summed E-state index contributed by atoms with van der Waals surface area (Å²) >= 11 is 0. The number of amides is 1. The van der Waals surface area contributed by atoms with Crippen molar-refractivity contribution in [3.63, 3.8) is 0 Å². The van der Waals surface area contributed by atoms with Gasteiger partial charge < -0.3 is 29.0 Å². The summed E-state index contributed by atoms with van der Waals surface area (Å²) in [6.45, 7) is 0.115. The summed E-state index contributed by atoms with van der Waals surface area (Å²) in [5, 5.41) is 29.0. The number of fused-ring (bicyclic) bond motifs is 1. The van der Waals surface area contributed by atoms with Gasteiger partial charge in [0.2, 0.25) is 0 Å². The molecule has 8 rings (SSSR count). The van der Waals surface area contributed by atoms with Gasteiger partial charge in [0.1, 0.15) is 47.4 Å². The van der Waals surface area contributed by atoms with E-state index in [0.717, 1.165) is 5.56 Å². The molecule has 3 aromatic carbocycles. The Kier molecular flexibility index (Phi) is 9.83. The van der Waals surface area contributed by atoms with Crippen molar-refractivity contribution in [2.24, 2.45) is 0 Å². The highest BCUT2D eigenvalue weighted by Gasteiger charge is 2.55. The van der Waals surface area contributed by atoms with Gasteiger partial charge in [-0.2, -0.15) is 0 Å². The predicted octanol–water partition coefficient (Wildman–Crippen LogP) is 4.53. The molecular formula is C38H39F2N7O6. The van der Waals surface area contributed by atoms with E-state index >= 15 is 0 Å². The lowest BCUT2D eigenvalue weighted by Crippen LogP contribution is -2.64. The summed E-state index contributed by atoms with van der Waals surface area (Å²) in [6.07, 6.45) is 0.0731. The van der Waals surface area contributed by atoms with E-state index in [2.05, 4.69) is 20.6 Å². The van der Waals surface area contributed by atoms with Crippen molar-refractivity contribution in [3.05, 3.63) is 108 Å². The normalized spacial score (nSPS) is 28.7. The number of halogens is 2. The smallest absolute Gasteiger partial charge is 0.254 e. The first-order valence-electron chi connectivity index (χ1n) is 17.6. The van der Waals surface area contributed by atoms with Gasteiger partial charge in [-0.15, -0.1) is 10.2 Å². The Hall–Kier alpha value is -4.93. The zero-order valence-corrected chi connectivity index (χ0v) is 29.1. The first-order valence-corrected chi connectivity index (χ1v) is 17.6. The molecule has 2 saturated heterocycles. The third-order valence-corrected chi connectivity index (χ3v) is 10.5. The van der Waals surface area contributed by atoms with Crippen molar-refractivity contribution in [2.75, 3.05) is 20.8 Å². The average Bonchev–Trinajstić information content (AvgIpc) is 3.88. The highest BCUT2D eigenvalue weighted by atomic mass is 19.1. The molecule has 53 heavy (non-hydrogen) atoms. The maximum absolute atomic E-state index is 14.5. The molecule has 276 valence electrons. The van der Waals surface area contributed by atoms with Gasteiger partial charge in [-0.3, -0.25) is 4.79 Å². The van der Waals surface area contributed by atoms with Crippen LogP contribution in [0.1, 0.15) is 43.2 Å². The van der Waals surface area contributed by atoms with Gasteiger partial charge in [-0.05, 0) is 43.5 Å². The van der Waals surface area contributed by atoms with Gasteiger partial charge in [0, 0.05) is 30.8 Å². The number of ether oxygens (including phenoxy) is 4. The van der Waals surface area contributed by atoms with E-state index in [9.17, 15) is 18.7 Å². The molecule has 0 bridgehead atoms. The number of hydrogen-bond acceptors (Lipinski definition) is 10. The number of methoxy groups -OCH3 is 1. The maximum Gasteiger partial charge on any atom is 0.254 e. The van der Waals surface area contributed by atoms with E-state index in [4.69, 9.17) is 18.9 Å². The van der Waals surface area contributed by atoms with E-state index in [-0.39, 0.29) is 12.4 Å². The number of nitrogens with zero attached hydrogens (tertiary/aromatic N) is 7. The van der Waals surface area contributed by atoms with Crippen LogP contribution in [-0.4, -0.2) is 103 Å². The summed E-state index contributed by atoms with van der Waals surface area (Å²) < 4.78 is 56.5. The lowest BCUT2D eigenvalue weighted by molar-refractivity contribution is -0.315. The van der Waals surface area contributed by atoms with Crippen molar-refractivity contribution in [3.8, 4) is 22.5 Å². The quantitative estimate of drug-likeness (QED) is 0.243. The van der Waals surface area contributed by atoms with Crippen LogP contribution in [-0.2, 0) is 23.7 Å². The summed E-state index contributed by atoms with van der Waals surface area (Å²) in [5.41, 5.74) is 2.82. The van der Waals surface area contributed by atoms with Crippen molar-refractivity contribution in [2.45, 2.75) is 74.2 Å². The number of benzene rings is 3. The average molecular weight is 728 g/mol. The molecular weight excluding hydrogens is 688 g/mol. The van der Waals surface area contributed by atoms with Crippen LogP contribution in [0.5, 0.6) is 0 Å². The fraction of sp³-hybridized carbons (Fsp3) is 0.395. The molecule has 1 N–H and O–H groups in total. The second-order valence-corrected chi connectivity index (χ2v) is 13.7. The minimum atomic E-state index is -1.14. The number of likely N-dealkylation sites (N-methyl/N-ethyl adjacent to an activating group) is 1. The third-order valence-electron chi connectivity index (χ3n) is 10.5. The molecule has 2 aromatic heterocycles. The van der Waals surface area contributed by atoms with E-state index in [1.807, 2.05) is 30.3 Å². The Bertz CT molecular complexity index is 2050. The van der Waals surface area contributed by atoms with Crippen molar-refractivity contribution >= 4 is 5.91 Å². The van der Waals surface area contributed by atoms with Crippen LogP contribution in [0.25, 0.3) is 22.5 Å². The van der Waals surface area contributed by atoms with Crippen LogP contribution in [0.3, 0.4) is 0 Å². The van der Waals surface area contributed by atoms with Crippen molar-refractivity contribution in [1.82, 2.24) is 34.9 Å². The number of aromatic nitrogens is 6. The lowest BCUT2D eigenvalue weighted by Gasteiger charge is -2.49. The van der Waals surface area contributed by atoms with Crippen molar-refractivity contribution < 1.29 is 37.6 Å². The molecule has 13 nitrogen and oxygen atoms in total. The molecule has 1 saturated carbocycles. The van der Waals surface area contributed by atoms with Crippen LogP contribution in [0.4, 0.5) is 8.78 Å². The zero-order valence-electron chi connectivity index (χ0n) is 29.1. The fourth-order valence-electron chi connectivity index (χ4n) is 7.77. The van der Waals surface area contributed by atoms with E-state index in [1.165, 1.54) is 36.3 Å². The van der Waals surface area contributed by atoms with E-state index in [0.29, 0.717) is 41.8 Å². The number of aliphatic hydroxyl groups excluding tert-OH is 1. The maximum atomic E-state index is 14.5. The Morgan fingerprint density at radius 2 is 1.55 bits per heavy atom. The van der Waals surface area contributed by atoms with Gasteiger partial charge in [-0.1, -0.05) is 65.0 Å². The number of hydrogen-bond donors (Lipinski definition) is 1. The molecule has 9 atom stereocenters. The second-order valence-electron chi connectivity index (χ2n) is 13.7. The van der Waals surface area contributed by atoms with Crippen LogP contribution in [0.2, 0.25) is 0 Å². The molecule has 5 aromatic rings. The van der Waals surface area contributed by atoms with Gasteiger partial charge in [0.15, 0.2) is 12.4 Å². The molecule has 1 aliphatic carbocycles. The molecule has 0 spiro atoms. The summed E-state index contributed by atoms with van der Waals surface area (Å²) in [7, 11) is 3.14. The topological polar surface area (TPSA) is 139 Å². The molecule has 3 aliphatic rings. The molecule has 15 heteroatoms. The number of carbonyl (C=O) groups is 1. The Morgan fingerprint density at radius 3 is 2.21 bits per heavy atom. The van der Waals surface area contributed by atoms with Gasteiger partial charge in [0.25, 0.3) is 5.91 Å². The number of aliphatic hydroxyl groups is 1. The SMILES string of the molecule is CO[C@@H]1[C@@H](n2cc(-c3cccc(F)c3)nn2)[C@H]2OC(c3ccccc3)OC[C@H]2O[C@H]1C(=O)N(C)[C@H]1CCC[C@@H](n2cc(-c3cccc(F)c3)nn2)[C@@H]1O. The monoisotopic (exact) mass is 727 g/mol. The lowest BCUT2D eigenvalue weighted by atomic mass is 9.86. The largest absolute Gasteiger partial charge is 0.389 e. The second kappa shape index (κ2) is 14.8. The molecule has 0 radical (unpaired) electrons. The Balaban J connectivity index is 1.07. The number of carbonyl (C=O) groups excluding carboxylic acids is 1. The highest BCUT2D eigenvalue weighted by Crippen LogP contribution is 2.42. The summed E-state index contributed by atoms with van der Waals surface area (Å²) in [6, 6.07) is 19.8. The molecule has 4 heterocycles. The summed E-state index contributed by atoms with van der Waals surface area (Å²) in [5.74, 6) is -1.20. The highest BCUT2D eigenvalue weighted by molar-refractivity contribution is 5.82. The van der Waals surface area contributed by atoms with Gasteiger partial charge >= 0.3 is 0 Å². The first kappa shape index (κ1) is 35.1. The van der Waals surface area contributed by atoms with Crippen LogP contribution < -0.4 is 0 Å². The Labute approximate surface area is 304 Å². The minimum absolute atomic E-state index is 0.115. The van der Waals surface area contributed by atoms with Gasteiger partial charge in [0.05, 0.1) is 37.2 Å². The fourth-order valence-corrected chi connectivity index (χ4v) is 7.77. The van der Waals surface area contributed by atoms with Crippen LogP contribution >= 0.6 is 0 Å². The summed E-state index contributed by atoms with van der Waals surface area (Å²) in [4.78, 5) is 16.1. The Morgan fingerprint density at radius 1 is 0.887 bits per heavy atom. The third kappa shape index (κ3) is 6.86. The number of rotatable bonds is 8. The molecule has 1 amide bonds. The molecule has 2 aliphatic heterocycles. The first-order chi connectivity index (χ1) is 25.8.